The van der Waals surface area contributed by atoms with Crippen LogP contribution in [-0.4, -0.2) is 20.1 Å². The maximum atomic E-state index is 11.2. The van der Waals surface area contributed by atoms with Crippen LogP contribution in [0.1, 0.15) is 0 Å². The highest BCUT2D eigenvalue weighted by Gasteiger charge is 2.14. The van der Waals surface area contributed by atoms with Crippen molar-refractivity contribution in [2.45, 2.75) is 0 Å². The zero-order valence-electron chi connectivity index (χ0n) is 8.32. The topological polar surface area (TPSA) is 53.3 Å². The second kappa shape index (κ2) is 4.80. The van der Waals surface area contributed by atoms with Crippen molar-refractivity contribution in [1.82, 2.24) is 0 Å². The van der Waals surface area contributed by atoms with Crippen molar-refractivity contribution in [2.24, 2.45) is 0 Å². The second-order valence-corrected chi connectivity index (χ2v) is 3.71. The first-order valence-electron chi connectivity index (χ1n) is 4.11. The van der Waals surface area contributed by atoms with E-state index in [2.05, 4.69) is 15.9 Å². The van der Waals surface area contributed by atoms with E-state index in [0.717, 1.165) is 4.47 Å². The molecular formula is C10H9BrN2O2. The summed E-state index contributed by atoms with van der Waals surface area (Å²) in [4.78, 5) is 12.4. The fourth-order valence-corrected chi connectivity index (χ4v) is 1.46. The lowest BCUT2D eigenvalue weighted by Gasteiger charge is -2.16. The Morgan fingerprint density at radius 3 is 2.80 bits per heavy atom. The summed E-state index contributed by atoms with van der Waals surface area (Å²) < 4.78 is 5.91. The number of benzene rings is 1. The van der Waals surface area contributed by atoms with Gasteiger partial charge >= 0.3 is 5.91 Å². The van der Waals surface area contributed by atoms with E-state index in [4.69, 9.17) is 10.00 Å². The zero-order chi connectivity index (χ0) is 11.4. The molecule has 0 unspecified atom stereocenters. The van der Waals surface area contributed by atoms with Gasteiger partial charge in [-0.05, 0) is 18.2 Å². The molecule has 0 heterocycles. The van der Waals surface area contributed by atoms with Gasteiger partial charge in [0.15, 0.2) is 6.07 Å². The molecule has 1 rings (SSSR count). The average Bonchev–Trinajstić information content (AvgIpc) is 2.27. The van der Waals surface area contributed by atoms with Crippen LogP contribution in [-0.2, 0) is 4.79 Å². The Labute approximate surface area is 96.2 Å². The molecule has 5 heteroatoms. The number of rotatable bonds is 2. The number of hydrogen-bond acceptors (Lipinski definition) is 3. The second-order valence-electron chi connectivity index (χ2n) is 2.79. The van der Waals surface area contributed by atoms with Crippen molar-refractivity contribution in [2.75, 3.05) is 19.1 Å². The number of methoxy groups -OCH3 is 1. The first-order chi connectivity index (χ1) is 7.10. The van der Waals surface area contributed by atoms with Crippen LogP contribution in [0.5, 0.6) is 5.75 Å². The van der Waals surface area contributed by atoms with E-state index >= 15 is 0 Å². The highest BCUT2D eigenvalue weighted by molar-refractivity contribution is 9.10. The quantitative estimate of drug-likeness (QED) is 0.771. The molecule has 1 aromatic carbocycles. The molecule has 0 N–H and O–H groups in total. The molecule has 0 fully saturated rings. The molecule has 0 saturated heterocycles. The van der Waals surface area contributed by atoms with Crippen LogP contribution in [0.15, 0.2) is 22.7 Å². The van der Waals surface area contributed by atoms with E-state index in [9.17, 15) is 4.79 Å². The third-order valence-corrected chi connectivity index (χ3v) is 2.40. The summed E-state index contributed by atoms with van der Waals surface area (Å²) in [5.41, 5.74) is 0.554. The number of halogens is 1. The highest BCUT2D eigenvalue weighted by Crippen LogP contribution is 2.30. The Bertz CT molecular complexity index is 426. The molecule has 0 saturated carbocycles. The van der Waals surface area contributed by atoms with Gasteiger partial charge in [-0.1, -0.05) is 15.9 Å². The SMILES string of the molecule is COc1ccc(Br)cc1N(C)C(=O)C#N. The van der Waals surface area contributed by atoms with Crippen LogP contribution in [0.2, 0.25) is 0 Å². The van der Waals surface area contributed by atoms with Crippen LogP contribution in [0.3, 0.4) is 0 Å². The Morgan fingerprint density at radius 2 is 2.27 bits per heavy atom. The molecule has 78 valence electrons. The average molecular weight is 269 g/mol. The lowest BCUT2D eigenvalue weighted by molar-refractivity contribution is -0.113. The first-order valence-corrected chi connectivity index (χ1v) is 4.90. The third-order valence-electron chi connectivity index (χ3n) is 1.90. The van der Waals surface area contributed by atoms with Gasteiger partial charge in [0.05, 0.1) is 12.8 Å². The molecule has 1 amide bonds. The van der Waals surface area contributed by atoms with Crippen molar-refractivity contribution in [3.63, 3.8) is 0 Å². The molecule has 0 aliphatic rings. The number of carbonyl (C=O) groups is 1. The highest BCUT2D eigenvalue weighted by atomic mass is 79.9. The predicted octanol–water partition coefficient (Wildman–Crippen LogP) is 1.94. The van der Waals surface area contributed by atoms with Crippen LogP contribution in [0.4, 0.5) is 5.69 Å². The van der Waals surface area contributed by atoms with Gasteiger partial charge in [-0.2, -0.15) is 5.26 Å². The van der Waals surface area contributed by atoms with Gasteiger partial charge in [-0.15, -0.1) is 0 Å². The zero-order valence-corrected chi connectivity index (χ0v) is 9.91. The molecule has 0 aliphatic carbocycles. The lowest BCUT2D eigenvalue weighted by Crippen LogP contribution is -2.24. The van der Waals surface area contributed by atoms with Gasteiger partial charge < -0.3 is 4.74 Å². The van der Waals surface area contributed by atoms with Crippen LogP contribution in [0, 0.1) is 11.3 Å². The summed E-state index contributed by atoms with van der Waals surface area (Å²) in [7, 11) is 3.03. The van der Waals surface area contributed by atoms with Gasteiger partial charge in [-0.25, -0.2) is 0 Å². The molecule has 0 atom stereocenters. The number of ether oxygens (including phenoxy) is 1. The normalized spacial score (nSPS) is 9.20. The van der Waals surface area contributed by atoms with Crippen LogP contribution >= 0.6 is 15.9 Å². The molecule has 0 spiro atoms. The Balaban J connectivity index is 3.17. The monoisotopic (exact) mass is 268 g/mol. The minimum atomic E-state index is -0.633. The van der Waals surface area contributed by atoms with E-state index in [1.807, 2.05) is 0 Å². The largest absolute Gasteiger partial charge is 0.495 e. The summed E-state index contributed by atoms with van der Waals surface area (Å²) in [6, 6.07) is 6.79. The number of hydrogen-bond donors (Lipinski definition) is 0. The Kier molecular flexibility index (Phi) is 3.69. The molecule has 1 aromatic rings. The first kappa shape index (κ1) is 11.5. The smallest absolute Gasteiger partial charge is 0.329 e. The molecule has 0 aliphatic heterocycles. The van der Waals surface area contributed by atoms with Crippen molar-refractivity contribution in [3.8, 4) is 11.8 Å². The van der Waals surface area contributed by atoms with Gasteiger partial charge in [-0.3, -0.25) is 9.69 Å². The molecule has 0 bridgehead atoms. The number of carbonyl (C=O) groups excluding carboxylic acids is 1. The fraction of sp³-hybridized carbons (Fsp3) is 0.200. The minimum absolute atomic E-state index is 0.546. The summed E-state index contributed by atoms with van der Waals surface area (Å²) in [6.07, 6.45) is 0. The van der Waals surface area contributed by atoms with E-state index in [1.54, 1.807) is 24.3 Å². The number of amides is 1. The van der Waals surface area contributed by atoms with Crippen molar-refractivity contribution >= 4 is 27.5 Å². The van der Waals surface area contributed by atoms with Crippen molar-refractivity contribution in [1.29, 1.82) is 5.26 Å². The van der Waals surface area contributed by atoms with Gasteiger partial charge in [0.25, 0.3) is 0 Å². The maximum Gasteiger partial charge on any atom is 0.329 e. The number of nitriles is 1. The molecule has 15 heavy (non-hydrogen) atoms. The van der Waals surface area contributed by atoms with E-state index < -0.39 is 5.91 Å². The van der Waals surface area contributed by atoms with Crippen LogP contribution < -0.4 is 9.64 Å². The molecular weight excluding hydrogens is 260 g/mol. The van der Waals surface area contributed by atoms with Gasteiger partial charge in [0, 0.05) is 11.5 Å². The standard InChI is InChI=1S/C10H9BrN2O2/c1-13(10(14)6-12)8-5-7(11)3-4-9(8)15-2/h3-5H,1-2H3. The summed E-state index contributed by atoms with van der Waals surface area (Å²) in [6.45, 7) is 0. The summed E-state index contributed by atoms with van der Waals surface area (Å²) in [5, 5.41) is 8.51. The van der Waals surface area contributed by atoms with Crippen molar-refractivity contribution < 1.29 is 9.53 Å². The predicted molar refractivity (Wildman–Crippen MR) is 59.7 cm³/mol. The minimum Gasteiger partial charge on any atom is -0.495 e. The van der Waals surface area contributed by atoms with Gasteiger partial charge in [0.1, 0.15) is 5.75 Å². The summed E-state index contributed by atoms with van der Waals surface area (Å²) in [5.74, 6) is -0.0873. The number of anilines is 1. The molecule has 4 nitrogen and oxygen atoms in total. The fourth-order valence-electron chi connectivity index (χ4n) is 1.11. The van der Waals surface area contributed by atoms with E-state index in [0.29, 0.717) is 11.4 Å². The Hall–Kier alpha value is -1.54. The summed E-state index contributed by atoms with van der Waals surface area (Å²) >= 11 is 3.29. The molecule has 0 aromatic heterocycles. The van der Waals surface area contributed by atoms with E-state index in [-0.39, 0.29) is 0 Å². The van der Waals surface area contributed by atoms with Crippen molar-refractivity contribution in [3.05, 3.63) is 22.7 Å². The third kappa shape index (κ3) is 2.48. The lowest BCUT2D eigenvalue weighted by atomic mass is 10.2. The van der Waals surface area contributed by atoms with Crippen LogP contribution in [0.25, 0.3) is 0 Å². The molecule has 0 radical (unpaired) electrons. The Morgan fingerprint density at radius 1 is 1.60 bits per heavy atom. The van der Waals surface area contributed by atoms with E-state index in [1.165, 1.54) is 19.1 Å². The number of nitrogens with zero attached hydrogens (tertiary/aromatic N) is 2. The van der Waals surface area contributed by atoms with Gasteiger partial charge in [0.2, 0.25) is 0 Å². The maximum absolute atomic E-state index is 11.2.